The lowest BCUT2D eigenvalue weighted by Crippen LogP contribution is -2.32. The molecule has 0 radical (unpaired) electrons. The molecule has 22 heavy (non-hydrogen) atoms. The van der Waals surface area contributed by atoms with Crippen LogP contribution < -0.4 is 0 Å². The largest absolute Gasteiger partial charge is 0.478 e. The Morgan fingerprint density at radius 3 is 2.64 bits per heavy atom. The summed E-state index contributed by atoms with van der Waals surface area (Å²) in [5.74, 6) is -0.794. The highest BCUT2D eigenvalue weighted by Crippen LogP contribution is 2.30. The summed E-state index contributed by atoms with van der Waals surface area (Å²) < 4.78 is 0. The van der Waals surface area contributed by atoms with Crippen molar-refractivity contribution in [1.82, 2.24) is 4.90 Å². The van der Waals surface area contributed by atoms with Crippen LogP contribution in [-0.2, 0) is 11.2 Å². The van der Waals surface area contributed by atoms with E-state index in [2.05, 4.69) is 13.8 Å². The van der Waals surface area contributed by atoms with Gasteiger partial charge in [0.05, 0.1) is 5.56 Å². The van der Waals surface area contributed by atoms with Crippen molar-refractivity contribution in [3.63, 3.8) is 0 Å². The van der Waals surface area contributed by atoms with Crippen molar-refractivity contribution in [3.8, 4) is 0 Å². The Morgan fingerprint density at radius 1 is 1.18 bits per heavy atom. The first-order valence-electron chi connectivity index (χ1n) is 7.98. The van der Waals surface area contributed by atoms with E-state index in [1.807, 2.05) is 11.0 Å². The van der Waals surface area contributed by atoms with Gasteiger partial charge in [-0.3, -0.25) is 4.79 Å². The van der Waals surface area contributed by atoms with Gasteiger partial charge in [-0.05, 0) is 42.7 Å². The molecule has 4 nitrogen and oxygen atoms in total. The molecule has 1 aromatic rings. The molecule has 120 valence electrons. The molecule has 0 unspecified atom stereocenters. The molecule has 1 N–H and O–H groups in total. The zero-order chi connectivity index (χ0) is 16.2. The van der Waals surface area contributed by atoms with Gasteiger partial charge < -0.3 is 10.0 Å². The van der Waals surface area contributed by atoms with Crippen molar-refractivity contribution in [1.29, 1.82) is 0 Å². The van der Waals surface area contributed by atoms with Gasteiger partial charge in [0.15, 0.2) is 0 Å². The summed E-state index contributed by atoms with van der Waals surface area (Å²) in [6.45, 7) is 6.14. The minimum atomic E-state index is -0.931. The number of benzene rings is 1. The number of nitrogens with zero attached hydrogens (tertiary/aromatic N) is 1. The zero-order valence-corrected chi connectivity index (χ0v) is 13.5. The third-order valence-corrected chi connectivity index (χ3v) is 4.55. The molecule has 1 aromatic carbocycles. The zero-order valence-electron chi connectivity index (χ0n) is 13.5. The van der Waals surface area contributed by atoms with E-state index in [4.69, 9.17) is 0 Å². The highest BCUT2D eigenvalue weighted by atomic mass is 16.4. The van der Waals surface area contributed by atoms with E-state index in [0.717, 1.165) is 37.9 Å². The van der Waals surface area contributed by atoms with E-state index in [-0.39, 0.29) is 5.91 Å². The van der Waals surface area contributed by atoms with E-state index < -0.39 is 5.97 Å². The normalized spacial score (nSPS) is 17.8. The number of rotatable bonds is 4. The average Bonchev–Trinajstić information content (AvgIpc) is 2.66. The van der Waals surface area contributed by atoms with Gasteiger partial charge in [-0.1, -0.05) is 32.0 Å². The molecular formula is C18H25NO3. The number of carbonyl (C=O) groups excluding carboxylic acids is 1. The topological polar surface area (TPSA) is 57.6 Å². The first kappa shape index (κ1) is 16.5. The van der Waals surface area contributed by atoms with E-state index in [0.29, 0.717) is 23.8 Å². The summed E-state index contributed by atoms with van der Waals surface area (Å²) in [4.78, 5) is 25.5. The summed E-state index contributed by atoms with van der Waals surface area (Å²) in [6.07, 6.45) is 4.10. The number of likely N-dealkylation sites (tertiary alicyclic amines) is 1. The van der Waals surface area contributed by atoms with Crippen LogP contribution in [-0.4, -0.2) is 35.0 Å². The molecule has 0 spiro atoms. The van der Waals surface area contributed by atoms with E-state index in [1.165, 1.54) is 0 Å². The van der Waals surface area contributed by atoms with Gasteiger partial charge in [0.1, 0.15) is 0 Å². The predicted molar refractivity (Wildman–Crippen MR) is 85.9 cm³/mol. The third kappa shape index (κ3) is 4.33. The Bertz CT molecular complexity index is 551. The SMILES string of the molecule is CC1(C)CCCN(C(=O)CCc2ccccc2C(=O)O)CC1. The van der Waals surface area contributed by atoms with Crippen LogP contribution in [0, 0.1) is 5.41 Å². The predicted octanol–water partition coefficient (Wildman–Crippen LogP) is 3.36. The van der Waals surface area contributed by atoms with Crippen LogP contribution in [0.1, 0.15) is 55.5 Å². The summed E-state index contributed by atoms with van der Waals surface area (Å²) in [6, 6.07) is 6.92. The molecule has 0 atom stereocenters. The second-order valence-electron chi connectivity index (χ2n) is 6.86. The lowest BCUT2D eigenvalue weighted by Gasteiger charge is -2.23. The van der Waals surface area contributed by atoms with E-state index in [1.54, 1.807) is 18.2 Å². The highest BCUT2D eigenvalue weighted by molar-refractivity contribution is 5.89. The molecule has 1 amide bonds. The van der Waals surface area contributed by atoms with Crippen LogP contribution in [0.5, 0.6) is 0 Å². The van der Waals surface area contributed by atoms with Gasteiger partial charge in [0, 0.05) is 19.5 Å². The summed E-state index contributed by atoms with van der Waals surface area (Å²) in [5, 5.41) is 9.18. The lowest BCUT2D eigenvalue weighted by atomic mass is 9.85. The molecular weight excluding hydrogens is 278 g/mol. The number of carbonyl (C=O) groups is 2. The molecule has 1 saturated heterocycles. The molecule has 2 rings (SSSR count). The smallest absolute Gasteiger partial charge is 0.335 e. The second kappa shape index (κ2) is 6.95. The van der Waals surface area contributed by atoms with Crippen molar-refractivity contribution in [3.05, 3.63) is 35.4 Å². The standard InChI is InChI=1S/C18H25NO3/c1-18(2)10-5-12-19(13-11-18)16(20)9-8-14-6-3-4-7-15(14)17(21)22/h3-4,6-7H,5,8-13H2,1-2H3,(H,21,22). The van der Waals surface area contributed by atoms with Crippen LogP contribution in [0.4, 0.5) is 0 Å². The molecule has 0 aromatic heterocycles. The van der Waals surface area contributed by atoms with Gasteiger partial charge in [0.2, 0.25) is 5.91 Å². The molecule has 1 heterocycles. The van der Waals surface area contributed by atoms with Crippen LogP contribution in [0.3, 0.4) is 0 Å². The van der Waals surface area contributed by atoms with E-state index in [9.17, 15) is 14.7 Å². The fraction of sp³-hybridized carbons (Fsp3) is 0.556. The lowest BCUT2D eigenvalue weighted by molar-refractivity contribution is -0.131. The Hall–Kier alpha value is -1.84. The average molecular weight is 303 g/mol. The number of aromatic carboxylic acids is 1. The first-order chi connectivity index (χ1) is 10.4. The molecule has 1 fully saturated rings. The first-order valence-corrected chi connectivity index (χ1v) is 7.98. The Kier molecular flexibility index (Phi) is 5.22. The fourth-order valence-corrected chi connectivity index (χ4v) is 3.02. The minimum Gasteiger partial charge on any atom is -0.478 e. The summed E-state index contributed by atoms with van der Waals surface area (Å²) in [5.41, 5.74) is 1.34. The molecule has 1 aliphatic heterocycles. The molecule has 0 aliphatic carbocycles. The van der Waals surface area contributed by atoms with Crippen LogP contribution in [0.2, 0.25) is 0 Å². The quantitative estimate of drug-likeness (QED) is 0.928. The monoisotopic (exact) mass is 303 g/mol. The number of carboxylic acids is 1. The number of hydrogen-bond donors (Lipinski definition) is 1. The number of aryl methyl sites for hydroxylation is 1. The third-order valence-electron chi connectivity index (χ3n) is 4.55. The maximum Gasteiger partial charge on any atom is 0.335 e. The van der Waals surface area contributed by atoms with Crippen LogP contribution in [0.25, 0.3) is 0 Å². The highest BCUT2D eigenvalue weighted by Gasteiger charge is 2.25. The van der Waals surface area contributed by atoms with Gasteiger partial charge in [-0.25, -0.2) is 4.79 Å². The van der Waals surface area contributed by atoms with Gasteiger partial charge in [-0.15, -0.1) is 0 Å². The Morgan fingerprint density at radius 2 is 1.91 bits per heavy atom. The number of amides is 1. The maximum atomic E-state index is 12.4. The van der Waals surface area contributed by atoms with Crippen molar-refractivity contribution in [2.75, 3.05) is 13.1 Å². The van der Waals surface area contributed by atoms with E-state index >= 15 is 0 Å². The minimum absolute atomic E-state index is 0.137. The van der Waals surface area contributed by atoms with Gasteiger partial charge in [-0.2, -0.15) is 0 Å². The molecule has 4 heteroatoms. The van der Waals surface area contributed by atoms with Crippen molar-refractivity contribution < 1.29 is 14.7 Å². The Balaban J connectivity index is 1.94. The van der Waals surface area contributed by atoms with Crippen LogP contribution in [0.15, 0.2) is 24.3 Å². The summed E-state index contributed by atoms with van der Waals surface area (Å²) >= 11 is 0. The van der Waals surface area contributed by atoms with Gasteiger partial charge in [0.25, 0.3) is 0 Å². The van der Waals surface area contributed by atoms with Crippen molar-refractivity contribution in [2.24, 2.45) is 5.41 Å². The maximum absolute atomic E-state index is 12.4. The number of carboxylic acid groups (broad SMARTS) is 1. The number of hydrogen-bond acceptors (Lipinski definition) is 2. The van der Waals surface area contributed by atoms with Crippen LogP contribution >= 0.6 is 0 Å². The van der Waals surface area contributed by atoms with Crippen molar-refractivity contribution >= 4 is 11.9 Å². The molecule has 0 bridgehead atoms. The molecule has 0 saturated carbocycles. The summed E-state index contributed by atoms with van der Waals surface area (Å²) in [7, 11) is 0. The molecule has 1 aliphatic rings. The van der Waals surface area contributed by atoms with Gasteiger partial charge >= 0.3 is 5.97 Å². The fourth-order valence-electron chi connectivity index (χ4n) is 3.02. The second-order valence-corrected chi connectivity index (χ2v) is 6.86. The Labute approximate surface area is 132 Å². The van der Waals surface area contributed by atoms with Crippen molar-refractivity contribution in [2.45, 2.75) is 46.0 Å².